The maximum absolute atomic E-state index is 14.0. The zero-order chi connectivity index (χ0) is 22.1. The maximum atomic E-state index is 14.0. The summed E-state index contributed by atoms with van der Waals surface area (Å²) in [6.07, 6.45) is 5.46. The number of nitrogens with one attached hydrogen (secondary N) is 1. The third kappa shape index (κ3) is 6.83. The molecule has 0 radical (unpaired) electrons. The van der Waals surface area contributed by atoms with E-state index in [4.69, 9.17) is 0 Å². The van der Waals surface area contributed by atoms with Gasteiger partial charge in [-0.3, -0.25) is 9.10 Å². The number of benzene rings is 2. The summed E-state index contributed by atoms with van der Waals surface area (Å²) in [6.45, 7) is 4.78. The fourth-order valence-corrected chi connectivity index (χ4v) is 4.12. The second-order valence-corrected chi connectivity index (χ2v) is 9.44. The second kappa shape index (κ2) is 11.1. The Hall–Kier alpha value is -2.41. The lowest BCUT2D eigenvalue weighted by molar-refractivity contribution is 0.0946. The molecule has 1 N–H and O–H groups in total. The molecule has 0 spiro atoms. The Morgan fingerprint density at radius 1 is 1.10 bits per heavy atom. The normalized spacial score (nSPS) is 12.4. The Bertz CT molecular complexity index is 930. The van der Waals surface area contributed by atoms with E-state index in [0.29, 0.717) is 23.7 Å². The molecule has 164 valence electrons. The van der Waals surface area contributed by atoms with Crippen LogP contribution in [0.15, 0.2) is 48.5 Å². The molecule has 0 heterocycles. The number of carbonyl (C=O) groups excluding carboxylic acids is 1. The Morgan fingerprint density at radius 2 is 1.77 bits per heavy atom. The van der Waals surface area contributed by atoms with Gasteiger partial charge in [-0.05, 0) is 42.7 Å². The minimum atomic E-state index is -3.63. The van der Waals surface area contributed by atoms with Crippen LogP contribution in [0.1, 0.15) is 55.5 Å². The van der Waals surface area contributed by atoms with Gasteiger partial charge in [-0.25, -0.2) is 12.8 Å². The average Bonchev–Trinajstić information content (AvgIpc) is 2.72. The first-order valence-corrected chi connectivity index (χ1v) is 12.2. The van der Waals surface area contributed by atoms with Gasteiger partial charge in [-0.1, -0.05) is 51.3 Å². The van der Waals surface area contributed by atoms with Gasteiger partial charge in [0.1, 0.15) is 5.82 Å². The molecule has 0 aromatic heterocycles. The van der Waals surface area contributed by atoms with Crippen LogP contribution in [0.3, 0.4) is 0 Å². The van der Waals surface area contributed by atoms with E-state index < -0.39 is 15.8 Å². The van der Waals surface area contributed by atoms with Crippen LogP contribution >= 0.6 is 0 Å². The highest BCUT2D eigenvalue weighted by Crippen LogP contribution is 2.22. The molecule has 2 aromatic rings. The monoisotopic (exact) mass is 434 g/mol. The summed E-state index contributed by atoms with van der Waals surface area (Å²) in [5, 5.41) is 2.96. The number of unbranched alkanes of at least 4 members (excludes halogenated alkanes) is 1. The molecule has 0 saturated carbocycles. The number of sulfonamides is 1. The predicted molar refractivity (Wildman–Crippen MR) is 120 cm³/mol. The SMILES string of the molecule is CCCC[C@@H](CC)CNC(=O)c1ccc(N(Cc2ccccc2F)S(C)(=O)=O)cc1. The smallest absolute Gasteiger partial charge is 0.251 e. The molecule has 0 bridgehead atoms. The fourth-order valence-electron chi connectivity index (χ4n) is 3.24. The van der Waals surface area contributed by atoms with Crippen molar-refractivity contribution in [3.63, 3.8) is 0 Å². The first kappa shape index (κ1) is 23.9. The van der Waals surface area contributed by atoms with Crippen molar-refractivity contribution in [3.8, 4) is 0 Å². The Labute approximate surface area is 179 Å². The van der Waals surface area contributed by atoms with E-state index in [1.807, 2.05) is 0 Å². The van der Waals surface area contributed by atoms with Crippen LogP contribution in [0.5, 0.6) is 0 Å². The van der Waals surface area contributed by atoms with E-state index in [1.54, 1.807) is 42.5 Å². The minimum Gasteiger partial charge on any atom is -0.352 e. The fraction of sp³-hybridized carbons (Fsp3) is 0.435. The van der Waals surface area contributed by atoms with Crippen LogP contribution in [-0.2, 0) is 16.6 Å². The van der Waals surface area contributed by atoms with Gasteiger partial charge in [0.2, 0.25) is 10.0 Å². The number of anilines is 1. The van der Waals surface area contributed by atoms with Gasteiger partial charge in [-0.2, -0.15) is 0 Å². The van der Waals surface area contributed by atoms with Gasteiger partial charge in [0.15, 0.2) is 0 Å². The van der Waals surface area contributed by atoms with Gasteiger partial charge < -0.3 is 5.32 Å². The van der Waals surface area contributed by atoms with Crippen molar-refractivity contribution in [2.45, 2.75) is 46.1 Å². The molecule has 0 aliphatic rings. The molecular formula is C23H31FN2O3S. The van der Waals surface area contributed by atoms with Crippen LogP contribution < -0.4 is 9.62 Å². The lowest BCUT2D eigenvalue weighted by atomic mass is 9.99. The van der Waals surface area contributed by atoms with E-state index in [0.717, 1.165) is 36.2 Å². The van der Waals surface area contributed by atoms with Crippen molar-refractivity contribution in [1.29, 1.82) is 0 Å². The Balaban J connectivity index is 2.11. The second-order valence-electron chi connectivity index (χ2n) is 7.53. The lowest BCUT2D eigenvalue weighted by Crippen LogP contribution is -2.30. The summed E-state index contributed by atoms with van der Waals surface area (Å²) < 4.78 is 39.7. The molecule has 0 aliphatic heterocycles. The number of hydrogen-bond donors (Lipinski definition) is 1. The number of halogens is 1. The Morgan fingerprint density at radius 3 is 2.33 bits per heavy atom. The summed E-state index contributed by atoms with van der Waals surface area (Å²) in [6, 6.07) is 12.4. The first-order valence-electron chi connectivity index (χ1n) is 10.4. The van der Waals surface area contributed by atoms with Crippen LogP contribution in [0.25, 0.3) is 0 Å². The number of carbonyl (C=O) groups is 1. The van der Waals surface area contributed by atoms with Crippen molar-refractivity contribution >= 4 is 21.6 Å². The minimum absolute atomic E-state index is 0.118. The zero-order valence-corrected chi connectivity index (χ0v) is 18.7. The molecule has 2 rings (SSSR count). The molecule has 1 atom stereocenters. The third-order valence-corrected chi connectivity index (χ3v) is 6.32. The molecular weight excluding hydrogens is 403 g/mol. The Kier molecular flexibility index (Phi) is 8.84. The van der Waals surface area contributed by atoms with Crippen molar-refractivity contribution in [2.75, 3.05) is 17.1 Å². The van der Waals surface area contributed by atoms with E-state index in [2.05, 4.69) is 19.2 Å². The van der Waals surface area contributed by atoms with E-state index in [-0.39, 0.29) is 18.0 Å². The molecule has 1 amide bonds. The largest absolute Gasteiger partial charge is 0.352 e. The highest BCUT2D eigenvalue weighted by molar-refractivity contribution is 7.92. The van der Waals surface area contributed by atoms with E-state index >= 15 is 0 Å². The van der Waals surface area contributed by atoms with Crippen molar-refractivity contribution < 1.29 is 17.6 Å². The summed E-state index contributed by atoms with van der Waals surface area (Å²) in [7, 11) is -3.63. The average molecular weight is 435 g/mol. The number of nitrogens with zero attached hydrogens (tertiary/aromatic N) is 1. The third-order valence-electron chi connectivity index (χ3n) is 5.18. The molecule has 0 unspecified atom stereocenters. The standard InChI is InChI=1S/C23H31FN2O3S/c1-4-6-9-18(5-2)16-25-23(27)19-12-14-21(15-13-19)26(30(3,28)29)17-20-10-7-8-11-22(20)24/h7-8,10-15,18H,4-6,9,16-17H2,1-3H3,(H,25,27)/t18-/m1/s1. The van der Waals surface area contributed by atoms with Crippen molar-refractivity contribution in [2.24, 2.45) is 5.92 Å². The summed E-state index contributed by atoms with van der Waals surface area (Å²) in [5.41, 5.74) is 1.12. The topological polar surface area (TPSA) is 66.5 Å². The van der Waals surface area contributed by atoms with Crippen LogP contribution in [-0.4, -0.2) is 27.1 Å². The van der Waals surface area contributed by atoms with E-state index in [9.17, 15) is 17.6 Å². The number of amides is 1. The first-order chi connectivity index (χ1) is 14.3. The lowest BCUT2D eigenvalue weighted by Gasteiger charge is -2.23. The van der Waals surface area contributed by atoms with Gasteiger partial charge in [0, 0.05) is 17.7 Å². The molecule has 30 heavy (non-hydrogen) atoms. The zero-order valence-electron chi connectivity index (χ0n) is 17.9. The molecule has 2 aromatic carbocycles. The summed E-state index contributed by atoms with van der Waals surface area (Å²) in [4.78, 5) is 12.5. The predicted octanol–water partition coefficient (Wildman–Crippen LogP) is 4.74. The van der Waals surface area contributed by atoms with E-state index in [1.165, 1.54) is 6.07 Å². The highest BCUT2D eigenvalue weighted by Gasteiger charge is 2.20. The maximum Gasteiger partial charge on any atom is 0.251 e. The molecule has 7 heteroatoms. The number of rotatable bonds is 11. The number of hydrogen-bond acceptors (Lipinski definition) is 3. The molecule has 0 aliphatic carbocycles. The van der Waals surface area contributed by atoms with Crippen LogP contribution in [0, 0.1) is 11.7 Å². The van der Waals surface area contributed by atoms with Crippen molar-refractivity contribution in [3.05, 3.63) is 65.5 Å². The van der Waals surface area contributed by atoms with Crippen LogP contribution in [0.2, 0.25) is 0 Å². The van der Waals surface area contributed by atoms with Crippen molar-refractivity contribution in [1.82, 2.24) is 5.32 Å². The molecule has 5 nitrogen and oxygen atoms in total. The quantitative estimate of drug-likeness (QED) is 0.556. The van der Waals surface area contributed by atoms with Gasteiger partial charge in [0.25, 0.3) is 5.91 Å². The molecule has 0 saturated heterocycles. The summed E-state index contributed by atoms with van der Waals surface area (Å²) >= 11 is 0. The molecule has 0 fully saturated rings. The van der Waals surface area contributed by atoms with Gasteiger partial charge in [0.05, 0.1) is 18.5 Å². The summed E-state index contributed by atoms with van der Waals surface area (Å²) in [5.74, 6) is -0.193. The van der Waals surface area contributed by atoms with Gasteiger partial charge >= 0.3 is 0 Å². The van der Waals surface area contributed by atoms with Gasteiger partial charge in [-0.15, -0.1) is 0 Å². The highest BCUT2D eigenvalue weighted by atomic mass is 32.2. The van der Waals surface area contributed by atoms with Crippen LogP contribution in [0.4, 0.5) is 10.1 Å².